The van der Waals surface area contributed by atoms with Crippen molar-refractivity contribution in [3.8, 4) is 0 Å². The molecule has 0 aliphatic rings. The van der Waals surface area contributed by atoms with Crippen molar-refractivity contribution in [2.45, 2.75) is 26.3 Å². The number of amides is 1. The second kappa shape index (κ2) is 4.89. The highest BCUT2D eigenvalue weighted by Gasteiger charge is 2.11. The summed E-state index contributed by atoms with van der Waals surface area (Å²) >= 11 is 0. The Bertz CT molecular complexity index is 316. The lowest BCUT2D eigenvalue weighted by Crippen LogP contribution is -2.41. The van der Waals surface area contributed by atoms with Gasteiger partial charge in [-0.05, 0) is 32.9 Å². The Kier molecular flexibility index (Phi) is 3.80. The normalized spacial score (nSPS) is 11.1. The van der Waals surface area contributed by atoms with Crippen molar-refractivity contribution >= 4 is 11.7 Å². The van der Waals surface area contributed by atoms with Gasteiger partial charge in [-0.2, -0.15) is 0 Å². The summed E-state index contributed by atoms with van der Waals surface area (Å²) in [5.41, 5.74) is -0.0541. The van der Waals surface area contributed by atoms with Gasteiger partial charge < -0.3 is 10.6 Å². The van der Waals surface area contributed by atoms with Gasteiger partial charge in [0.2, 0.25) is 5.91 Å². The van der Waals surface area contributed by atoms with Crippen LogP contribution in [0.1, 0.15) is 20.8 Å². The molecule has 0 radical (unpaired) electrons. The van der Waals surface area contributed by atoms with Crippen molar-refractivity contribution in [2.24, 2.45) is 0 Å². The van der Waals surface area contributed by atoms with Crippen molar-refractivity contribution in [1.82, 2.24) is 10.3 Å². The van der Waals surface area contributed by atoms with Gasteiger partial charge >= 0.3 is 0 Å². The first-order valence-corrected chi connectivity index (χ1v) is 4.93. The highest BCUT2D eigenvalue weighted by Crippen LogP contribution is 2.00. The first kappa shape index (κ1) is 11.7. The number of anilines is 1. The average Bonchev–Trinajstić information content (AvgIpc) is 2.15. The van der Waals surface area contributed by atoms with E-state index in [4.69, 9.17) is 0 Å². The highest BCUT2D eigenvalue weighted by atomic mass is 16.2. The van der Waals surface area contributed by atoms with E-state index in [1.165, 1.54) is 0 Å². The van der Waals surface area contributed by atoms with E-state index in [9.17, 15) is 4.79 Å². The summed E-state index contributed by atoms with van der Waals surface area (Å²) in [4.78, 5) is 15.4. The number of carbonyl (C=O) groups is 1. The van der Waals surface area contributed by atoms with Crippen molar-refractivity contribution in [2.75, 3.05) is 11.9 Å². The van der Waals surface area contributed by atoms with Crippen LogP contribution in [0.5, 0.6) is 0 Å². The minimum atomic E-state index is -0.0800. The summed E-state index contributed by atoms with van der Waals surface area (Å²) in [5, 5.41) is 5.80. The maximum Gasteiger partial charge on any atom is 0.239 e. The van der Waals surface area contributed by atoms with Crippen LogP contribution in [0.3, 0.4) is 0 Å². The number of aromatic nitrogens is 1. The van der Waals surface area contributed by atoms with Gasteiger partial charge in [0.15, 0.2) is 0 Å². The molecule has 0 aromatic carbocycles. The fourth-order valence-electron chi connectivity index (χ4n) is 0.969. The number of nitrogens with zero attached hydrogens (tertiary/aromatic N) is 1. The number of rotatable bonds is 3. The smallest absolute Gasteiger partial charge is 0.239 e. The minimum absolute atomic E-state index is 0.0541. The third-order valence-corrected chi connectivity index (χ3v) is 1.71. The number of carbonyl (C=O) groups excluding carboxylic acids is 1. The second-order valence-electron chi connectivity index (χ2n) is 4.37. The molecule has 0 fully saturated rings. The molecule has 15 heavy (non-hydrogen) atoms. The molecule has 0 spiro atoms. The Hall–Kier alpha value is -1.42. The van der Waals surface area contributed by atoms with E-state index in [1.807, 2.05) is 32.9 Å². The molecular formula is C11H17N3O. The van der Waals surface area contributed by atoms with Crippen LogP contribution in [0, 0.1) is 0 Å². The van der Waals surface area contributed by atoms with Gasteiger partial charge in [-0.1, -0.05) is 6.07 Å². The van der Waals surface area contributed by atoms with E-state index in [2.05, 4.69) is 15.6 Å². The topological polar surface area (TPSA) is 54.0 Å². The molecule has 1 heterocycles. The van der Waals surface area contributed by atoms with Crippen molar-refractivity contribution < 1.29 is 4.79 Å². The van der Waals surface area contributed by atoms with Crippen molar-refractivity contribution in [1.29, 1.82) is 0 Å². The summed E-state index contributed by atoms with van der Waals surface area (Å²) < 4.78 is 0. The van der Waals surface area contributed by atoms with Crippen LogP contribution in [0.4, 0.5) is 5.82 Å². The van der Waals surface area contributed by atoms with Crippen LogP contribution in [0.25, 0.3) is 0 Å². The number of hydrogen-bond donors (Lipinski definition) is 2. The first-order valence-electron chi connectivity index (χ1n) is 4.93. The summed E-state index contributed by atoms with van der Waals surface area (Å²) in [7, 11) is 0. The maximum absolute atomic E-state index is 11.4. The summed E-state index contributed by atoms with van der Waals surface area (Å²) in [6.07, 6.45) is 1.65. The maximum atomic E-state index is 11.4. The third kappa shape index (κ3) is 5.12. The Morgan fingerprint density at radius 2 is 2.13 bits per heavy atom. The molecule has 0 bridgehead atoms. The second-order valence-corrected chi connectivity index (χ2v) is 4.37. The fraction of sp³-hybridized carbons (Fsp3) is 0.455. The van der Waals surface area contributed by atoms with E-state index < -0.39 is 0 Å². The van der Waals surface area contributed by atoms with E-state index in [1.54, 1.807) is 12.3 Å². The first-order chi connectivity index (χ1) is 6.97. The monoisotopic (exact) mass is 207 g/mol. The van der Waals surface area contributed by atoms with E-state index in [0.717, 1.165) is 0 Å². The Morgan fingerprint density at radius 1 is 1.40 bits per heavy atom. The van der Waals surface area contributed by atoms with Crippen LogP contribution in [0.2, 0.25) is 0 Å². The van der Waals surface area contributed by atoms with Gasteiger partial charge in [0.1, 0.15) is 5.82 Å². The lowest BCUT2D eigenvalue weighted by Gasteiger charge is -2.19. The molecule has 1 aromatic heterocycles. The molecule has 82 valence electrons. The zero-order valence-electron chi connectivity index (χ0n) is 9.37. The highest BCUT2D eigenvalue weighted by molar-refractivity contribution is 5.91. The van der Waals surface area contributed by atoms with Gasteiger partial charge in [-0.15, -0.1) is 0 Å². The van der Waals surface area contributed by atoms with Gasteiger partial charge in [-0.25, -0.2) is 4.98 Å². The van der Waals surface area contributed by atoms with Crippen molar-refractivity contribution in [3.63, 3.8) is 0 Å². The molecule has 4 heteroatoms. The van der Waals surface area contributed by atoms with Crippen LogP contribution in [0.15, 0.2) is 24.4 Å². The molecular weight excluding hydrogens is 190 g/mol. The Balaban J connectivity index is 2.38. The van der Waals surface area contributed by atoms with Gasteiger partial charge in [0, 0.05) is 11.7 Å². The lowest BCUT2D eigenvalue weighted by molar-refractivity contribution is -0.115. The average molecular weight is 207 g/mol. The molecule has 0 unspecified atom stereocenters. The summed E-state index contributed by atoms with van der Waals surface area (Å²) in [6.45, 7) is 6.34. The predicted octanol–water partition coefficient (Wildman–Crippen LogP) is 1.41. The zero-order valence-corrected chi connectivity index (χ0v) is 9.37. The largest absolute Gasteiger partial charge is 0.310 e. The zero-order chi connectivity index (χ0) is 11.3. The van der Waals surface area contributed by atoms with E-state index in [0.29, 0.717) is 12.4 Å². The molecule has 4 nitrogen and oxygen atoms in total. The number of hydrogen-bond acceptors (Lipinski definition) is 3. The SMILES string of the molecule is CC(C)(C)NCC(=O)Nc1ccccn1. The van der Waals surface area contributed by atoms with Crippen LogP contribution in [-0.4, -0.2) is 23.0 Å². The minimum Gasteiger partial charge on any atom is -0.310 e. The molecule has 0 saturated heterocycles. The molecule has 1 rings (SSSR count). The van der Waals surface area contributed by atoms with Gasteiger partial charge in [0.25, 0.3) is 0 Å². The fourth-order valence-corrected chi connectivity index (χ4v) is 0.969. The third-order valence-electron chi connectivity index (χ3n) is 1.71. The molecule has 0 aliphatic carbocycles. The summed E-state index contributed by atoms with van der Waals surface area (Å²) in [6, 6.07) is 5.40. The predicted molar refractivity (Wildman–Crippen MR) is 60.6 cm³/mol. The van der Waals surface area contributed by atoms with Crippen molar-refractivity contribution in [3.05, 3.63) is 24.4 Å². The lowest BCUT2D eigenvalue weighted by atomic mass is 10.1. The standard InChI is InChI=1S/C11H17N3O/c1-11(2,3)13-8-10(15)14-9-6-4-5-7-12-9/h4-7,13H,8H2,1-3H3,(H,12,14,15). The molecule has 0 aliphatic heterocycles. The van der Waals surface area contributed by atoms with Crippen LogP contribution in [-0.2, 0) is 4.79 Å². The Labute approximate surface area is 90.1 Å². The molecule has 1 amide bonds. The van der Waals surface area contributed by atoms with E-state index in [-0.39, 0.29) is 11.4 Å². The van der Waals surface area contributed by atoms with Gasteiger partial charge in [0.05, 0.1) is 6.54 Å². The molecule has 0 atom stereocenters. The van der Waals surface area contributed by atoms with E-state index >= 15 is 0 Å². The quantitative estimate of drug-likeness (QED) is 0.788. The Morgan fingerprint density at radius 3 is 2.67 bits per heavy atom. The molecule has 0 saturated carbocycles. The van der Waals surface area contributed by atoms with Gasteiger partial charge in [-0.3, -0.25) is 4.79 Å². The number of pyridine rings is 1. The van der Waals surface area contributed by atoms with Crippen LogP contribution >= 0.6 is 0 Å². The number of nitrogens with one attached hydrogen (secondary N) is 2. The molecule has 1 aromatic rings. The molecule has 2 N–H and O–H groups in total. The van der Waals surface area contributed by atoms with Crippen LogP contribution < -0.4 is 10.6 Å². The summed E-state index contributed by atoms with van der Waals surface area (Å²) in [5.74, 6) is 0.502.